The monoisotopic (exact) mass is 488 g/mol. The van der Waals surface area contributed by atoms with Gasteiger partial charge in [0.2, 0.25) is 10.0 Å². The van der Waals surface area contributed by atoms with Crippen molar-refractivity contribution in [1.29, 1.82) is 0 Å². The van der Waals surface area contributed by atoms with Crippen LogP contribution in [0.4, 0.5) is 5.69 Å². The second kappa shape index (κ2) is 8.87. The third-order valence-corrected chi connectivity index (χ3v) is 8.68. The molecule has 1 N–H and O–H groups in total. The molecule has 1 atom stereocenters. The summed E-state index contributed by atoms with van der Waals surface area (Å²) < 4.78 is 27.6. The zero-order valence-electron chi connectivity index (χ0n) is 19.2. The second-order valence-corrected chi connectivity index (χ2v) is 10.8. The van der Waals surface area contributed by atoms with E-state index in [2.05, 4.69) is 5.32 Å². The molecule has 7 nitrogen and oxygen atoms in total. The van der Waals surface area contributed by atoms with Gasteiger partial charge in [-0.15, -0.1) is 0 Å². The molecule has 0 bridgehead atoms. The van der Waals surface area contributed by atoms with Gasteiger partial charge in [0.25, 0.3) is 5.91 Å². The van der Waals surface area contributed by atoms with E-state index in [1.165, 1.54) is 40.7 Å². The molecule has 2 aliphatic rings. The number of nitrogens with one attached hydrogen (secondary N) is 1. The van der Waals surface area contributed by atoms with E-state index in [0.717, 1.165) is 19.3 Å². The van der Waals surface area contributed by atoms with Crippen LogP contribution in [0.25, 0.3) is 0 Å². The normalized spacial score (nSPS) is 18.0. The standard InChI is InChI=1S/C27H24N2O5S/c1-17-6-4-5-15-29(17)35(33,34)20-12-9-18(10-13-20)27(32)28-19-11-14-23-24(16-19)26(31)22-8-3-2-7-21(22)25(23)30/h2-3,7-14,16-17H,4-6,15H2,1H3,(H,28,32)/t17-/m0/s1. The number of rotatable bonds is 4. The van der Waals surface area contributed by atoms with Gasteiger partial charge in [-0.1, -0.05) is 30.7 Å². The van der Waals surface area contributed by atoms with Gasteiger partial charge in [0, 0.05) is 46.1 Å². The number of carbonyl (C=O) groups is 3. The van der Waals surface area contributed by atoms with E-state index in [9.17, 15) is 22.8 Å². The molecule has 0 saturated carbocycles. The first kappa shape index (κ1) is 23.1. The molecule has 1 aliphatic carbocycles. The molecule has 1 fully saturated rings. The van der Waals surface area contributed by atoms with E-state index in [4.69, 9.17) is 0 Å². The lowest BCUT2D eigenvalue weighted by Crippen LogP contribution is -2.41. The van der Waals surface area contributed by atoms with Crippen LogP contribution in [-0.2, 0) is 10.0 Å². The molecule has 178 valence electrons. The molecule has 3 aromatic carbocycles. The van der Waals surface area contributed by atoms with E-state index in [-0.39, 0.29) is 33.6 Å². The van der Waals surface area contributed by atoms with Gasteiger partial charge in [-0.25, -0.2) is 8.42 Å². The minimum absolute atomic E-state index is 0.0534. The average Bonchev–Trinajstić information content (AvgIpc) is 2.87. The first-order valence-electron chi connectivity index (χ1n) is 11.5. The number of ketones is 2. The van der Waals surface area contributed by atoms with Crippen LogP contribution in [0.5, 0.6) is 0 Å². The first-order valence-corrected chi connectivity index (χ1v) is 13.0. The summed E-state index contributed by atoms with van der Waals surface area (Å²) in [6.07, 6.45) is 2.69. The molecule has 35 heavy (non-hydrogen) atoms. The number of anilines is 1. The Labute approximate surface area is 203 Å². The topological polar surface area (TPSA) is 101 Å². The Hall–Kier alpha value is -3.62. The molecule has 3 aromatic rings. The van der Waals surface area contributed by atoms with Crippen LogP contribution in [0, 0.1) is 0 Å². The fourth-order valence-corrected chi connectivity index (χ4v) is 6.42. The van der Waals surface area contributed by atoms with Crippen LogP contribution < -0.4 is 5.32 Å². The maximum Gasteiger partial charge on any atom is 0.255 e. The highest BCUT2D eigenvalue weighted by Crippen LogP contribution is 2.29. The maximum atomic E-state index is 13.0. The Morgan fingerprint density at radius 1 is 0.857 bits per heavy atom. The van der Waals surface area contributed by atoms with E-state index >= 15 is 0 Å². The molecule has 0 spiro atoms. The summed E-state index contributed by atoms with van der Waals surface area (Å²) in [7, 11) is -3.63. The van der Waals surface area contributed by atoms with Crippen LogP contribution in [0.3, 0.4) is 0 Å². The number of benzene rings is 3. The summed E-state index contributed by atoms with van der Waals surface area (Å²) in [6.45, 7) is 2.41. The van der Waals surface area contributed by atoms with Crippen LogP contribution in [0.1, 0.15) is 68.4 Å². The molecule has 0 unspecified atom stereocenters. The fourth-order valence-electron chi connectivity index (χ4n) is 4.72. The minimum Gasteiger partial charge on any atom is -0.322 e. The Kier molecular flexibility index (Phi) is 5.86. The zero-order chi connectivity index (χ0) is 24.7. The van der Waals surface area contributed by atoms with E-state index in [0.29, 0.717) is 28.9 Å². The number of nitrogens with zero attached hydrogens (tertiary/aromatic N) is 1. The highest BCUT2D eigenvalue weighted by molar-refractivity contribution is 7.89. The average molecular weight is 489 g/mol. The first-order chi connectivity index (χ1) is 16.8. The molecule has 0 aromatic heterocycles. The predicted octanol–water partition coefficient (Wildman–Crippen LogP) is 4.28. The van der Waals surface area contributed by atoms with Crippen molar-refractivity contribution in [2.24, 2.45) is 0 Å². The number of hydrogen-bond donors (Lipinski definition) is 1. The lowest BCUT2D eigenvalue weighted by atomic mass is 9.84. The van der Waals surface area contributed by atoms with Gasteiger partial charge in [-0.05, 0) is 62.2 Å². The highest BCUT2D eigenvalue weighted by atomic mass is 32.2. The smallest absolute Gasteiger partial charge is 0.255 e. The maximum absolute atomic E-state index is 13.0. The van der Waals surface area contributed by atoms with Gasteiger partial charge in [0.05, 0.1) is 4.90 Å². The van der Waals surface area contributed by atoms with Gasteiger partial charge in [-0.3, -0.25) is 14.4 Å². The van der Waals surface area contributed by atoms with Crippen molar-refractivity contribution < 1.29 is 22.8 Å². The summed E-state index contributed by atoms with van der Waals surface area (Å²) in [5, 5.41) is 2.73. The van der Waals surface area contributed by atoms with Crippen molar-refractivity contribution in [3.63, 3.8) is 0 Å². The van der Waals surface area contributed by atoms with E-state index in [1.807, 2.05) is 6.92 Å². The van der Waals surface area contributed by atoms with E-state index in [1.54, 1.807) is 30.3 Å². The predicted molar refractivity (Wildman–Crippen MR) is 131 cm³/mol. The van der Waals surface area contributed by atoms with Crippen molar-refractivity contribution in [3.05, 3.63) is 94.5 Å². The Morgan fingerprint density at radius 2 is 1.49 bits per heavy atom. The van der Waals surface area contributed by atoms with Crippen molar-refractivity contribution in [2.75, 3.05) is 11.9 Å². The van der Waals surface area contributed by atoms with Crippen LogP contribution >= 0.6 is 0 Å². The summed E-state index contributed by atoms with van der Waals surface area (Å²) >= 11 is 0. The lowest BCUT2D eigenvalue weighted by molar-refractivity contribution is 0.0979. The summed E-state index contributed by atoms with van der Waals surface area (Å²) in [5.41, 5.74) is 1.90. The van der Waals surface area contributed by atoms with Crippen molar-refractivity contribution in [1.82, 2.24) is 4.31 Å². The van der Waals surface area contributed by atoms with Crippen LogP contribution in [-0.4, -0.2) is 42.8 Å². The lowest BCUT2D eigenvalue weighted by Gasteiger charge is -2.32. The van der Waals surface area contributed by atoms with E-state index < -0.39 is 15.9 Å². The third kappa shape index (κ3) is 4.09. The molecule has 1 heterocycles. The van der Waals surface area contributed by atoms with Crippen molar-refractivity contribution in [2.45, 2.75) is 37.1 Å². The largest absolute Gasteiger partial charge is 0.322 e. The van der Waals surface area contributed by atoms with Crippen molar-refractivity contribution >= 4 is 33.2 Å². The Balaban J connectivity index is 1.35. The molecular weight excluding hydrogens is 464 g/mol. The summed E-state index contributed by atoms with van der Waals surface area (Å²) in [4.78, 5) is 38.7. The molecule has 1 aliphatic heterocycles. The zero-order valence-corrected chi connectivity index (χ0v) is 20.0. The Bertz CT molecular complexity index is 1460. The molecule has 5 rings (SSSR count). The quantitative estimate of drug-likeness (QED) is 0.462. The number of amides is 1. The molecule has 1 amide bonds. The number of carbonyl (C=O) groups excluding carboxylic acids is 3. The number of sulfonamides is 1. The second-order valence-electron chi connectivity index (χ2n) is 8.90. The molecule has 1 saturated heterocycles. The molecule has 0 radical (unpaired) electrons. The minimum atomic E-state index is -3.63. The number of fused-ring (bicyclic) bond motifs is 2. The van der Waals surface area contributed by atoms with Gasteiger partial charge >= 0.3 is 0 Å². The van der Waals surface area contributed by atoms with Gasteiger partial charge in [-0.2, -0.15) is 4.31 Å². The van der Waals surface area contributed by atoms with Crippen LogP contribution in [0.2, 0.25) is 0 Å². The Morgan fingerprint density at radius 3 is 2.14 bits per heavy atom. The van der Waals surface area contributed by atoms with Gasteiger partial charge in [0.15, 0.2) is 11.6 Å². The fraction of sp³-hybridized carbons (Fsp3) is 0.222. The highest BCUT2D eigenvalue weighted by Gasteiger charge is 2.31. The summed E-state index contributed by atoms with van der Waals surface area (Å²) in [5.74, 6) is -0.948. The van der Waals surface area contributed by atoms with Gasteiger partial charge in [0.1, 0.15) is 0 Å². The molecular formula is C27H24N2O5S. The summed E-state index contributed by atoms with van der Waals surface area (Å²) in [6, 6.07) is 17.1. The van der Waals surface area contributed by atoms with Gasteiger partial charge < -0.3 is 5.32 Å². The third-order valence-electron chi connectivity index (χ3n) is 6.65. The van der Waals surface area contributed by atoms with Crippen molar-refractivity contribution in [3.8, 4) is 0 Å². The SMILES string of the molecule is C[C@H]1CCCCN1S(=O)(=O)c1ccc(C(=O)Nc2ccc3c(c2)C(=O)c2ccccc2C3=O)cc1. The van der Waals surface area contributed by atoms with Crippen LogP contribution in [0.15, 0.2) is 71.6 Å². The number of hydrogen-bond acceptors (Lipinski definition) is 5. The molecule has 8 heteroatoms. The number of piperidine rings is 1.